The first kappa shape index (κ1) is 13.1. The number of fused-ring (bicyclic) bond motifs is 1. The second-order valence-corrected chi connectivity index (χ2v) is 6.15. The van der Waals surface area contributed by atoms with Crippen molar-refractivity contribution in [3.05, 3.63) is 35.4 Å². The van der Waals surface area contributed by atoms with Gasteiger partial charge in [0, 0.05) is 20.5 Å². The van der Waals surface area contributed by atoms with Crippen LogP contribution >= 0.6 is 0 Å². The molecule has 0 fully saturated rings. The zero-order valence-electron chi connectivity index (χ0n) is 11.9. The highest BCUT2D eigenvalue weighted by Crippen LogP contribution is 2.48. The summed E-state index contributed by atoms with van der Waals surface area (Å²) in [4.78, 5) is 13.1. The molecule has 0 aliphatic heterocycles. The van der Waals surface area contributed by atoms with Gasteiger partial charge in [-0.05, 0) is 35.3 Å². The summed E-state index contributed by atoms with van der Waals surface area (Å²) in [5.41, 5.74) is 3.28. The van der Waals surface area contributed by atoms with E-state index in [1.165, 1.54) is 11.1 Å². The maximum absolute atomic E-state index is 11.3. The number of nitrogens with zero attached hydrogens (tertiary/aromatic N) is 1. The summed E-state index contributed by atoms with van der Waals surface area (Å²) in [5.74, 6) is 0.717. The molecule has 0 aromatic heterocycles. The van der Waals surface area contributed by atoms with Crippen molar-refractivity contribution in [1.82, 2.24) is 4.90 Å². The number of rotatable bonds is 3. The third-order valence-corrected chi connectivity index (χ3v) is 4.31. The van der Waals surface area contributed by atoms with Gasteiger partial charge < -0.3 is 4.90 Å². The van der Waals surface area contributed by atoms with E-state index < -0.39 is 0 Å². The quantitative estimate of drug-likeness (QED) is 0.800. The van der Waals surface area contributed by atoms with E-state index in [1.54, 1.807) is 6.92 Å². The van der Waals surface area contributed by atoms with Gasteiger partial charge in [0.2, 0.25) is 5.91 Å². The van der Waals surface area contributed by atoms with Gasteiger partial charge in [-0.25, -0.2) is 0 Å². The summed E-state index contributed by atoms with van der Waals surface area (Å²) in [5, 5.41) is 0. The van der Waals surface area contributed by atoms with Crippen molar-refractivity contribution in [1.29, 1.82) is 0 Å². The van der Waals surface area contributed by atoms with Crippen LogP contribution in [0.15, 0.2) is 24.3 Å². The Balaban J connectivity index is 2.14. The normalized spacial score (nSPS) is 20.6. The molecule has 0 spiro atoms. The smallest absolute Gasteiger partial charge is 0.219 e. The van der Waals surface area contributed by atoms with Gasteiger partial charge >= 0.3 is 0 Å². The first-order valence-electron chi connectivity index (χ1n) is 6.71. The van der Waals surface area contributed by atoms with E-state index in [0.717, 1.165) is 19.4 Å². The molecule has 0 N–H and O–H groups in total. The van der Waals surface area contributed by atoms with E-state index in [-0.39, 0.29) is 5.91 Å². The minimum atomic E-state index is 0.152. The van der Waals surface area contributed by atoms with Crippen LogP contribution in [0.3, 0.4) is 0 Å². The van der Waals surface area contributed by atoms with Gasteiger partial charge in [-0.1, -0.05) is 38.1 Å². The molecule has 1 aromatic carbocycles. The zero-order valence-corrected chi connectivity index (χ0v) is 11.9. The highest BCUT2D eigenvalue weighted by molar-refractivity contribution is 5.72. The third-order valence-electron chi connectivity index (χ3n) is 4.31. The van der Waals surface area contributed by atoms with Crippen LogP contribution in [-0.2, 0) is 11.2 Å². The van der Waals surface area contributed by atoms with Crippen LogP contribution in [0.1, 0.15) is 44.2 Å². The number of hydrogen-bond acceptors (Lipinski definition) is 1. The van der Waals surface area contributed by atoms with Crippen LogP contribution in [0.25, 0.3) is 0 Å². The molecule has 0 unspecified atom stereocenters. The number of benzene rings is 1. The van der Waals surface area contributed by atoms with E-state index in [0.29, 0.717) is 11.3 Å². The molecule has 0 bridgehead atoms. The lowest BCUT2D eigenvalue weighted by Gasteiger charge is -2.29. The lowest BCUT2D eigenvalue weighted by atomic mass is 9.78. The number of carbonyl (C=O) groups is 1. The molecule has 0 radical (unpaired) electrons. The maximum Gasteiger partial charge on any atom is 0.219 e. The fourth-order valence-corrected chi connectivity index (χ4v) is 3.10. The predicted octanol–water partition coefficient (Wildman–Crippen LogP) is 3.22. The number of amides is 1. The molecule has 2 heteroatoms. The largest absolute Gasteiger partial charge is 0.346 e. The van der Waals surface area contributed by atoms with E-state index in [2.05, 4.69) is 38.1 Å². The molecule has 1 aliphatic carbocycles. The molecular weight excluding hydrogens is 222 g/mol. The second kappa shape index (κ2) is 4.75. The van der Waals surface area contributed by atoms with Crippen LogP contribution in [0.5, 0.6) is 0 Å². The van der Waals surface area contributed by atoms with Crippen molar-refractivity contribution in [2.75, 3.05) is 13.6 Å². The van der Waals surface area contributed by atoms with Gasteiger partial charge in [0.1, 0.15) is 0 Å². The molecule has 1 amide bonds. The first-order valence-corrected chi connectivity index (χ1v) is 6.71. The van der Waals surface area contributed by atoms with E-state index in [1.807, 2.05) is 11.9 Å². The van der Waals surface area contributed by atoms with Crippen molar-refractivity contribution in [2.45, 2.75) is 39.5 Å². The van der Waals surface area contributed by atoms with Gasteiger partial charge in [-0.3, -0.25) is 4.79 Å². The van der Waals surface area contributed by atoms with Gasteiger partial charge in [0.15, 0.2) is 0 Å². The molecule has 1 aliphatic rings. The van der Waals surface area contributed by atoms with Crippen LogP contribution in [0.4, 0.5) is 0 Å². The summed E-state index contributed by atoms with van der Waals surface area (Å²) in [7, 11) is 1.89. The van der Waals surface area contributed by atoms with Crippen LogP contribution < -0.4 is 0 Å². The van der Waals surface area contributed by atoms with Crippen LogP contribution in [0.2, 0.25) is 0 Å². The average Bonchev–Trinajstić information content (AvgIpc) is 2.55. The van der Waals surface area contributed by atoms with E-state index in [4.69, 9.17) is 0 Å². The van der Waals surface area contributed by atoms with Gasteiger partial charge in [0.25, 0.3) is 0 Å². The number of hydrogen-bond donors (Lipinski definition) is 0. The van der Waals surface area contributed by atoms with Gasteiger partial charge in [-0.15, -0.1) is 0 Å². The summed E-state index contributed by atoms with van der Waals surface area (Å²) >= 11 is 0. The van der Waals surface area contributed by atoms with E-state index >= 15 is 0 Å². The fourth-order valence-electron chi connectivity index (χ4n) is 3.10. The molecule has 2 nitrogen and oxygen atoms in total. The molecule has 0 heterocycles. The van der Waals surface area contributed by atoms with Crippen LogP contribution in [0, 0.1) is 5.41 Å². The van der Waals surface area contributed by atoms with Crippen molar-refractivity contribution in [3.8, 4) is 0 Å². The summed E-state index contributed by atoms with van der Waals surface area (Å²) in [6, 6.07) is 8.75. The predicted molar refractivity (Wildman–Crippen MR) is 74.6 cm³/mol. The van der Waals surface area contributed by atoms with Gasteiger partial charge in [-0.2, -0.15) is 0 Å². The Morgan fingerprint density at radius 1 is 1.39 bits per heavy atom. The van der Waals surface area contributed by atoms with Crippen molar-refractivity contribution < 1.29 is 4.79 Å². The standard InChI is InChI=1S/C16H23NO/c1-12(18)17(4)10-9-15-14-8-6-5-7-13(14)11-16(15,2)3/h5-8,15H,9-11H2,1-4H3/t15-/m0/s1. The zero-order chi connectivity index (χ0) is 13.3. The Bertz CT molecular complexity index is 450. The van der Waals surface area contributed by atoms with Crippen molar-refractivity contribution in [2.24, 2.45) is 5.41 Å². The lowest BCUT2D eigenvalue weighted by molar-refractivity contribution is -0.127. The summed E-state index contributed by atoms with van der Waals surface area (Å²) < 4.78 is 0. The molecule has 1 aromatic rings. The summed E-state index contributed by atoms with van der Waals surface area (Å²) in [6.45, 7) is 7.16. The minimum absolute atomic E-state index is 0.152. The summed E-state index contributed by atoms with van der Waals surface area (Å²) in [6.07, 6.45) is 2.21. The molecule has 2 rings (SSSR count). The fraction of sp³-hybridized carbons (Fsp3) is 0.562. The molecule has 98 valence electrons. The lowest BCUT2D eigenvalue weighted by Crippen LogP contribution is -2.28. The molecule has 18 heavy (non-hydrogen) atoms. The van der Waals surface area contributed by atoms with E-state index in [9.17, 15) is 4.79 Å². The highest BCUT2D eigenvalue weighted by Gasteiger charge is 2.38. The Morgan fingerprint density at radius 2 is 2.06 bits per heavy atom. The minimum Gasteiger partial charge on any atom is -0.346 e. The Kier molecular flexibility index (Phi) is 3.47. The SMILES string of the molecule is CC(=O)N(C)CC[C@H]1c2ccccc2CC1(C)C. The third kappa shape index (κ3) is 2.43. The Hall–Kier alpha value is -1.31. The maximum atomic E-state index is 11.3. The van der Waals surface area contributed by atoms with Gasteiger partial charge in [0.05, 0.1) is 0 Å². The average molecular weight is 245 g/mol. The Labute approximate surface area is 110 Å². The highest BCUT2D eigenvalue weighted by atomic mass is 16.2. The topological polar surface area (TPSA) is 20.3 Å². The number of carbonyl (C=O) groups excluding carboxylic acids is 1. The Morgan fingerprint density at radius 3 is 2.72 bits per heavy atom. The second-order valence-electron chi connectivity index (χ2n) is 6.15. The van der Waals surface area contributed by atoms with Crippen molar-refractivity contribution >= 4 is 5.91 Å². The van der Waals surface area contributed by atoms with Crippen molar-refractivity contribution in [3.63, 3.8) is 0 Å². The molecule has 0 saturated carbocycles. The monoisotopic (exact) mass is 245 g/mol. The molecule has 0 saturated heterocycles. The molecular formula is C16H23NO. The van der Waals surface area contributed by atoms with Crippen LogP contribution in [-0.4, -0.2) is 24.4 Å². The first-order chi connectivity index (χ1) is 8.42. The molecule has 1 atom stereocenters.